The van der Waals surface area contributed by atoms with Gasteiger partial charge in [-0.15, -0.1) is 0 Å². The third-order valence-corrected chi connectivity index (χ3v) is 2.03. The molecule has 0 aliphatic rings. The number of likely N-dealkylation sites (N-methyl/N-ethyl adjacent to an activating group) is 1. The van der Waals surface area contributed by atoms with Gasteiger partial charge in [-0.1, -0.05) is 0 Å². The number of nitrogens with one attached hydrogen (secondary N) is 1. The Balaban J connectivity index is 2.61. The van der Waals surface area contributed by atoms with Gasteiger partial charge in [0.2, 0.25) is 0 Å². The molecule has 6 heteroatoms. The normalized spacial score (nSPS) is 12.8. The van der Waals surface area contributed by atoms with E-state index in [0.29, 0.717) is 6.54 Å². The van der Waals surface area contributed by atoms with Crippen molar-refractivity contribution in [1.82, 2.24) is 15.1 Å². The van der Waals surface area contributed by atoms with Gasteiger partial charge < -0.3 is 10.4 Å². The first-order valence-electron chi connectivity index (χ1n) is 3.71. The van der Waals surface area contributed by atoms with Crippen LogP contribution < -0.4 is 5.32 Å². The summed E-state index contributed by atoms with van der Waals surface area (Å²) >= 11 is 3.23. The van der Waals surface area contributed by atoms with Crippen molar-refractivity contribution in [2.75, 3.05) is 7.05 Å². The number of hydrogen-bond donors (Lipinski definition) is 2. The van der Waals surface area contributed by atoms with Gasteiger partial charge in [-0.3, -0.25) is 9.48 Å². The summed E-state index contributed by atoms with van der Waals surface area (Å²) in [6, 6.07) is -0.605. The second-order valence-electron chi connectivity index (χ2n) is 2.56. The lowest BCUT2D eigenvalue weighted by atomic mass is 10.3. The zero-order valence-electron chi connectivity index (χ0n) is 7.07. The molecule has 0 saturated carbocycles. The van der Waals surface area contributed by atoms with E-state index in [1.54, 1.807) is 24.1 Å². The van der Waals surface area contributed by atoms with Crippen LogP contribution in [0.4, 0.5) is 0 Å². The molecule has 0 bridgehead atoms. The molecule has 1 rings (SSSR count). The molecule has 72 valence electrons. The molecule has 5 nitrogen and oxygen atoms in total. The number of carbonyl (C=O) groups is 1. The van der Waals surface area contributed by atoms with Gasteiger partial charge in [-0.05, 0) is 23.0 Å². The van der Waals surface area contributed by atoms with Crippen molar-refractivity contribution in [1.29, 1.82) is 0 Å². The number of aliphatic carboxylic acids is 1. The number of hydrogen-bond acceptors (Lipinski definition) is 3. The molecule has 1 atom stereocenters. The number of carboxylic acids is 1. The third kappa shape index (κ3) is 2.82. The standard InChI is InChI=1S/C7H10BrN3O2/c1-9-6(7(12)13)4-11-3-5(8)2-10-11/h2-3,6,9H,4H2,1H3,(H,12,13). The maximum Gasteiger partial charge on any atom is 0.322 e. The van der Waals surface area contributed by atoms with E-state index in [2.05, 4.69) is 26.3 Å². The summed E-state index contributed by atoms with van der Waals surface area (Å²) in [6.07, 6.45) is 3.35. The SMILES string of the molecule is CNC(Cn1cc(Br)cn1)C(=O)O. The maximum absolute atomic E-state index is 10.6. The lowest BCUT2D eigenvalue weighted by molar-refractivity contribution is -0.139. The minimum atomic E-state index is -0.880. The highest BCUT2D eigenvalue weighted by Gasteiger charge is 2.15. The average molecular weight is 248 g/mol. The van der Waals surface area contributed by atoms with Crippen LogP contribution in [0.1, 0.15) is 0 Å². The molecule has 1 heterocycles. The van der Waals surface area contributed by atoms with Crippen LogP contribution in [-0.4, -0.2) is 33.9 Å². The predicted molar refractivity (Wildman–Crippen MR) is 50.4 cm³/mol. The number of halogens is 1. The van der Waals surface area contributed by atoms with Gasteiger partial charge in [0.25, 0.3) is 0 Å². The Morgan fingerprint density at radius 1 is 1.92 bits per heavy atom. The monoisotopic (exact) mass is 247 g/mol. The summed E-state index contributed by atoms with van der Waals surface area (Å²) in [5, 5.41) is 15.4. The minimum absolute atomic E-state index is 0.317. The Hall–Kier alpha value is -0.880. The van der Waals surface area contributed by atoms with E-state index in [0.717, 1.165) is 4.47 Å². The van der Waals surface area contributed by atoms with Crippen LogP contribution in [0.3, 0.4) is 0 Å². The van der Waals surface area contributed by atoms with E-state index in [1.807, 2.05) is 0 Å². The molecule has 1 aromatic heterocycles. The van der Waals surface area contributed by atoms with E-state index in [1.165, 1.54) is 0 Å². The summed E-state index contributed by atoms with van der Waals surface area (Å²) in [5.41, 5.74) is 0. The van der Waals surface area contributed by atoms with Crippen LogP contribution in [0.2, 0.25) is 0 Å². The molecule has 0 aromatic carbocycles. The summed E-state index contributed by atoms with van der Waals surface area (Å²) in [6.45, 7) is 0.317. The van der Waals surface area contributed by atoms with E-state index in [9.17, 15) is 4.79 Å². The van der Waals surface area contributed by atoms with Gasteiger partial charge in [-0.25, -0.2) is 0 Å². The first kappa shape index (κ1) is 10.2. The number of aromatic nitrogens is 2. The Labute approximate surface area is 83.9 Å². The van der Waals surface area contributed by atoms with Gasteiger partial charge in [0.1, 0.15) is 6.04 Å². The summed E-state index contributed by atoms with van der Waals surface area (Å²) in [7, 11) is 1.61. The molecule has 1 aromatic rings. The topological polar surface area (TPSA) is 67.2 Å². The third-order valence-electron chi connectivity index (χ3n) is 1.62. The van der Waals surface area contributed by atoms with Crippen molar-refractivity contribution in [2.45, 2.75) is 12.6 Å². The van der Waals surface area contributed by atoms with Crippen LogP contribution in [0.5, 0.6) is 0 Å². The first-order valence-corrected chi connectivity index (χ1v) is 4.51. The van der Waals surface area contributed by atoms with Gasteiger partial charge in [0, 0.05) is 6.20 Å². The van der Waals surface area contributed by atoms with Crippen LogP contribution in [0.25, 0.3) is 0 Å². The fourth-order valence-electron chi connectivity index (χ4n) is 0.918. The molecule has 0 amide bonds. The fourth-order valence-corrected chi connectivity index (χ4v) is 1.25. The predicted octanol–water partition coefficient (Wildman–Crippen LogP) is 0.318. The van der Waals surface area contributed by atoms with Gasteiger partial charge in [0.15, 0.2) is 0 Å². The number of rotatable bonds is 4. The Morgan fingerprint density at radius 3 is 3.00 bits per heavy atom. The second-order valence-corrected chi connectivity index (χ2v) is 3.48. The van der Waals surface area contributed by atoms with Crippen LogP contribution >= 0.6 is 15.9 Å². The van der Waals surface area contributed by atoms with Gasteiger partial charge >= 0.3 is 5.97 Å². The van der Waals surface area contributed by atoms with Crippen molar-refractivity contribution >= 4 is 21.9 Å². The highest BCUT2D eigenvalue weighted by molar-refractivity contribution is 9.10. The van der Waals surface area contributed by atoms with E-state index >= 15 is 0 Å². The Kier molecular flexibility index (Phi) is 3.44. The van der Waals surface area contributed by atoms with E-state index in [4.69, 9.17) is 5.11 Å². The summed E-state index contributed by atoms with van der Waals surface area (Å²) in [4.78, 5) is 10.6. The molecular formula is C7H10BrN3O2. The molecule has 0 spiro atoms. The number of carboxylic acid groups (broad SMARTS) is 1. The Bertz CT molecular complexity index is 300. The summed E-state index contributed by atoms with van der Waals surface area (Å²) < 4.78 is 2.41. The first-order chi connectivity index (χ1) is 6.13. The molecule has 0 aliphatic heterocycles. The average Bonchev–Trinajstić information content (AvgIpc) is 2.46. The minimum Gasteiger partial charge on any atom is -0.480 e. The van der Waals surface area contributed by atoms with Crippen molar-refractivity contribution in [3.8, 4) is 0 Å². The molecule has 13 heavy (non-hydrogen) atoms. The molecule has 1 unspecified atom stereocenters. The van der Waals surface area contributed by atoms with Crippen molar-refractivity contribution in [3.05, 3.63) is 16.9 Å². The van der Waals surface area contributed by atoms with Crippen molar-refractivity contribution in [3.63, 3.8) is 0 Å². The fraction of sp³-hybridized carbons (Fsp3) is 0.429. The molecule has 0 radical (unpaired) electrons. The highest BCUT2D eigenvalue weighted by atomic mass is 79.9. The zero-order chi connectivity index (χ0) is 9.84. The smallest absolute Gasteiger partial charge is 0.322 e. The van der Waals surface area contributed by atoms with Gasteiger partial charge in [-0.2, -0.15) is 5.10 Å². The van der Waals surface area contributed by atoms with E-state index in [-0.39, 0.29) is 0 Å². The van der Waals surface area contributed by atoms with Crippen molar-refractivity contribution in [2.24, 2.45) is 0 Å². The zero-order valence-corrected chi connectivity index (χ0v) is 8.65. The van der Waals surface area contributed by atoms with E-state index < -0.39 is 12.0 Å². The molecule has 0 fully saturated rings. The van der Waals surface area contributed by atoms with Crippen molar-refractivity contribution < 1.29 is 9.90 Å². The molecule has 0 saturated heterocycles. The largest absolute Gasteiger partial charge is 0.480 e. The second kappa shape index (κ2) is 4.38. The maximum atomic E-state index is 10.6. The van der Waals surface area contributed by atoms with Gasteiger partial charge in [0.05, 0.1) is 17.2 Å². The quantitative estimate of drug-likeness (QED) is 0.805. The van der Waals surface area contributed by atoms with Crippen LogP contribution in [-0.2, 0) is 11.3 Å². The summed E-state index contributed by atoms with van der Waals surface area (Å²) in [5.74, 6) is -0.880. The molecule has 2 N–H and O–H groups in total. The molecular weight excluding hydrogens is 238 g/mol. The highest BCUT2D eigenvalue weighted by Crippen LogP contribution is 2.06. The lowest BCUT2D eigenvalue weighted by Gasteiger charge is -2.10. The Morgan fingerprint density at radius 2 is 2.62 bits per heavy atom. The lowest BCUT2D eigenvalue weighted by Crippen LogP contribution is -2.37. The van der Waals surface area contributed by atoms with Crippen LogP contribution in [0, 0.1) is 0 Å². The molecule has 0 aliphatic carbocycles. The number of nitrogens with zero attached hydrogens (tertiary/aromatic N) is 2. The van der Waals surface area contributed by atoms with Crippen LogP contribution in [0.15, 0.2) is 16.9 Å².